The minimum atomic E-state index is -0.181. The molecule has 0 unspecified atom stereocenters. The standard InChI is InChI=1S/C22H21NO2/c1-25-22(24)15-12-17-10-13-20(14-11-17)23-21-9-5-8-19(16-21)18-6-3-2-4-7-18/h2-11,13-14,16,23H,12,15H2,1H3. The van der Waals surface area contributed by atoms with Crippen molar-refractivity contribution >= 4 is 17.3 Å². The molecule has 25 heavy (non-hydrogen) atoms. The summed E-state index contributed by atoms with van der Waals surface area (Å²) in [6.45, 7) is 0. The van der Waals surface area contributed by atoms with Gasteiger partial charge in [0, 0.05) is 17.8 Å². The smallest absolute Gasteiger partial charge is 0.305 e. The molecule has 0 radical (unpaired) electrons. The number of benzene rings is 3. The van der Waals surface area contributed by atoms with Gasteiger partial charge in [-0.3, -0.25) is 4.79 Å². The normalized spacial score (nSPS) is 10.3. The maximum atomic E-state index is 11.2. The van der Waals surface area contributed by atoms with Crippen molar-refractivity contribution in [1.29, 1.82) is 0 Å². The molecule has 0 saturated heterocycles. The van der Waals surface area contributed by atoms with Crippen LogP contribution in [0.2, 0.25) is 0 Å². The molecule has 3 heteroatoms. The highest BCUT2D eigenvalue weighted by molar-refractivity contribution is 5.71. The van der Waals surface area contributed by atoms with Gasteiger partial charge >= 0.3 is 5.97 Å². The van der Waals surface area contributed by atoms with E-state index in [1.54, 1.807) is 0 Å². The average Bonchev–Trinajstić information content (AvgIpc) is 2.68. The Hall–Kier alpha value is -3.07. The van der Waals surface area contributed by atoms with Gasteiger partial charge < -0.3 is 10.1 Å². The highest BCUT2D eigenvalue weighted by Gasteiger charge is 2.03. The zero-order valence-electron chi connectivity index (χ0n) is 14.2. The lowest BCUT2D eigenvalue weighted by molar-refractivity contribution is -0.140. The SMILES string of the molecule is COC(=O)CCc1ccc(Nc2cccc(-c3ccccc3)c2)cc1. The number of aryl methyl sites for hydroxylation is 1. The predicted octanol–water partition coefficient (Wildman–Crippen LogP) is 5.20. The summed E-state index contributed by atoms with van der Waals surface area (Å²) in [6, 6.07) is 26.8. The Labute approximate surface area is 148 Å². The number of carbonyl (C=O) groups is 1. The van der Waals surface area contributed by atoms with Crippen molar-refractivity contribution in [3.05, 3.63) is 84.4 Å². The van der Waals surface area contributed by atoms with Crippen molar-refractivity contribution in [2.24, 2.45) is 0 Å². The van der Waals surface area contributed by atoms with Crippen molar-refractivity contribution in [2.45, 2.75) is 12.8 Å². The molecule has 3 aromatic rings. The van der Waals surface area contributed by atoms with Crippen LogP contribution in [0.4, 0.5) is 11.4 Å². The van der Waals surface area contributed by atoms with Crippen molar-refractivity contribution in [1.82, 2.24) is 0 Å². The lowest BCUT2D eigenvalue weighted by atomic mass is 10.1. The zero-order chi connectivity index (χ0) is 17.5. The predicted molar refractivity (Wildman–Crippen MR) is 102 cm³/mol. The molecule has 126 valence electrons. The van der Waals surface area contributed by atoms with Gasteiger partial charge in [-0.05, 0) is 47.4 Å². The molecule has 3 rings (SSSR count). The van der Waals surface area contributed by atoms with Crippen LogP contribution >= 0.6 is 0 Å². The van der Waals surface area contributed by atoms with Crippen LogP contribution in [0.15, 0.2) is 78.9 Å². The van der Waals surface area contributed by atoms with Gasteiger partial charge in [0.2, 0.25) is 0 Å². The molecule has 0 atom stereocenters. The van der Waals surface area contributed by atoms with Crippen LogP contribution in [0.3, 0.4) is 0 Å². The average molecular weight is 331 g/mol. The second kappa shape index (κ2) is 8.15. The van der Waals surface area contributed by atoms with Crippen LogP contribution in [0.25, 0.3) is 11.1 Å². The van der Waals surface area contributed by atoms with Crippen molar-refractivity contribution < 1.29 is 9.53 Å². The van der Waals surface area contributed by atoms with E-state index >= 15 is 0 Å². The number of methoxy groups -OCH3 is 1. The summed E-state index contributed by atoms with van der Waals surface area (Å²) in [4.78, 5) is 11.2. The highest BCUT2D eigenvalue weighted by atomic mass is 16.5. The summed E-state index contributed by atoms with van der Waals surface area (Å²) in [6.07, 6.45) is 1.10. The van der Waals surface area contributed by atoms with Crippen LogP contribution in [-0.4, -0.2) is 13.1 Å². The number of nitrogens with one attached hydrogen (secondary N) is 1. The van der Waals surface area contributed by atoms with E-state index in [1.807, 2.05) is 42.5 Å². The first-order valence-electron chi connectivity index (χ1n) is 8.33. The van der Waals surface area contributed by atoms with E-state index < -0.39 is 0 Å². The molecule has 0 amide bonds. The summed E-state index contributed by atoms with van der Waals surface area (Å²) in [5.74, 6) is -0.181. The first-order chi connectivity index (χ1) is 12.2. The van der Waals surface area contributed by atoms with E-state index in [4.69, 9.17) is 0 Å². The van der Waals surface area contributed by atoms with Crippen molar-refractivity contribution in [3.8, 4) is 11.1 Å². The Balaban J connectivity index is 1.67. The third-order valence-electron chi connectivity index (χ3n) is 4.06. The number of hydrogen-bond donors (Lipinski definition) is 1. The molecule has 0 aliphatic carbocycles. The van der Waals surface area contributed by atoms with Gasteiger partial charge in [0.05, 0.1) is 7.11 Å². The van der Waals surface area contributed by atoms with Gasteiger partial charge in [-0.1, -0.05) is 54.6 Å². The van der Waals surface area contributed by atoms with Crippen LogP contribution in [0.5, 0.6) is 0 Å². The number of rotatable bonds is 6. The topological polar surface area (TPSA) is 38.3 Å². The van der Waals surface area contributed by atoms with Gasteiger partial charge in [-0.15, -0.1) is 0 Å². The quantitative estimate of drug-likeness (QED) is 0.631. The number of anilines is 2. The first kappa shape index (κ1) is 16.8. The summed E-state index contributed by atoms with van der Waals surface area (Å²) in [5, 5.41) is 3.43. The summed E-state index contributed by atoms with van der Waals surface area (Å²) in [5.41, 5.74) is 5.56. The number of carbonyl (C=O) groups excluding carboxylic acids is 1. The van der Waals surface area contributed by atoms with E-state index in [2.05, 4.69) is 46.5 Å². The Kier molecular flexibility index (Phi) is 5.47. The highest BCUT2D eigenvalue weighted by Crippen LogP contribution is 2.24. The van der Waals surface area contributed by atoms with Crippen LogP contribution in [0, 0.1) is 0 Å². The Morgan fingerprint density at radius 1 is 0.840 bits per heavy atom. The van der Waals surface area contributed by atoms with Crippen molar-refractivity contribution in [2.75, 3.05) is 12.4 Å². The van der Waals surface area contributed by atoms with E-state index in [-0.39, 0.29) is 5.97 Å². The fourth-order valence-corrected chi connectivity index (χ4v) is 2.68. The van der Waals surface area contributed by atoms with E-state index in [0.717, 1.165) is 16.9 Å². The molecule has 0 aliphatic rings. The second-order valence-electron chi connectivity index (χ2n) is 5.84. The van der Waals surface area contributed by atoms with Gasteiger partial charge in [0.15, 0.2) is 0 Å². The summed E-state index contributed by atoms with van der Waals surface area (Å²) in [7, 11) is 1.42. The third-order valence-corrected chi connectivity index (χ3v) is 4.06. The minimum absolute atomic E-state index is 0.181. The van der Waals surface area contributed by atoms with Gasteiger partial charge in [0.1, 0.15) is 0 Å². The van der Waals surface area contributed by atoms with Gasteiger partial charge in [0.25, 0.3) is 0 Å². The van der Waals surface area contributed by atoms with Crippen LogP contribution in [-0.2, 0) is 16.0 Å². The lowest BCUT2D eigenvalue weighted by Gasteiger charge is -2.09. The molecule has 0 aromatic heterocycles. The molecular weight excluding hydrogens is 310 g/mol. The van der Waals surface area contributed by atoms with Crippen molar-refractivity contribution in [3.63, 3.8) is 0 Å². The molecular formula is C22H21NO2. The summed E-state index contributed by atoms with van der Waals surface area (Å²) >= 11 is 0. The van der Waals surface area contributed by atoms with E-state index in [9.17, 15) is 4.79 Å². The summed E-state index contributed by atoms with van der Waals surface area (Å²) < 4.78 is 4.67. The molecule has 0 saturated carbocycles. The maximum absolute atomic E-state index is 11.2. The lowest BCUT2D eigenvalue weighted by Crippen LogP contribution is -2.01. The first-order valence-corrected chi connectivity index (χ1v) is 8.33. The number of ether oxygens (including phenoxy) is 1. The number of esters is 1. The molecule has 0 fully saturated rings. The molecule has 3 aromatic carbocycles. The monoisotopic (exact) mass is 331 g/mol. The molecule has 0 spiro atoms. The molecule has 0 aliphatic heterocycles. The van der Waals surface area contributed by atoms with E-state index in [1.165, 1.54) is 18.2 Å². The van der Waals surface area contributed by atoms with Crippen LogP contribution < -0.4 is 5.32 Å². The Morgan fingerprint density at radius 3 is 2.28 bits per heavy atom. The molecule has 1 N–H and O–H groups in total. The van der Waals surface area contributed by atoms with Gasteiger partial charge in [-0.2, -0.15) is 0 Å². The fraction of sp³-hybridized carbons (Fsp3) is 0.136. The fourth-order valence-electron chi connectivity index (χ4n) is 2.68. The molecule has 3 nitrogen and oxygen atoms in total. The third kappa shape index (κ3) is 4.70. The Morgan fingerprint density at radius 2 is 1.56 bits per heavy atom. The maximum Gasteiger partial charge on any atom is 0.305 e. The van der Waals surface area contributed by atoms with Crippen LogP contribution in [0.1, 0.15) is 12.0 Å². The van der Waals surface area contributed by atoms with E-state index in [0.29, 0.717) is 12.8 Å². The largest absolute Gasteiger partial charge is 0.469 e. The van der Waals surface area contributed by atoms with Gasteiger partial charge in [-0.25, -0.2) is 0 Å². The number of hydrogen-bond acceptors (Lipinski definition) is 3. The Bertz CT molecular complexity index is 826. The molecule has 0 heterocycles. The second-order valence-corrected chi connectivity index (χ2v) is 5.84. The zero-order valence-corrected chi connectivity index (χ0v) is 14.2. The molecule has 0 bridgehead atoms. The minimum Gasteiger partial charge on any atom is -0.469 e.